The highest BCUT2D eigenvalue weighted by atomic mass is 19.4. The molecule has 2 aromatic carbocycles. The Bertz CT molecular complexity index is 857. The second-order valence-electron chi connectivity index (χ2n) is 8.31. The standard InChI is InChI=1S/C23H25F6NO2/c24-22(25,26)17-10-15(11-18(12-17)23(27,28)29)20(13-31)32-14-21(8-6-19(30)7-9-21)16-4-2-1-3-5-16/h1-5,10-12,19-20,31H,6-9,13-14,30H2. The van der Waals surface area contributed by atoms with Crippen LogP contribution in [0.25, 0.3) is 0 Å². The second kappa shape index (κ2) is 9.41. The van der Waals surface area contributed by atoms with Crippen molar-refractivity contribution in [3.63, 3.8) is 0 Å². The molecule has 1 aliphatic rings. The van der Waals surface area contributed by atoms with Crippen LogP contribution in [0.3, 0.4) is 0 Å². The van der Waals surface area contributed by atoms with Gasteiger partial charge in [0.05, 0.1) is 24.3 Å². The van der Waals surface area contributed by atoms with E-state index in [4.69, 9.17) is 10.5 Å². The molecule has 0 radical (unpaired) electrons. The Kier molecular flexibility index (Phi) is 7.21. The van der Waals surface area contributed by atoms with Crippen LogP contribution < -0.4 is 5.73 Å². The number of halogens is 6. The summed E-state index contributed by atoms with van der Waals surface area (Å²) in [7, 11) is 0. The topological polar surface area (TPSA) is 55.5 Å². The van der Waals surface area contributed by atoms with E-state index in [0.29, 0.717) is 37.8 Å². The van der Waals surface area contributed by atoms with E-state index in [1.54, 1.807) is 0 Å². The first kappa shape index (κ1) is 24.5. The summed E-state index contributed by atoms with van der Waals surface area (Å²) in [6.45, 7) is -0.727. The summed E-state index contributed by atoms with van der Waals surface area (Å²) in [6, 6.07) is 10.7. The summed E-state index contributed by atoms with van der Waals surface area (Å²) < 4.78 is 85.1. The Labute approximate surface area is 182 Å². The molecule has 0 aliphatic heterocycles. The number of aliphatic hydroxyl groups is 1. The summed E-state index contributed by atoms with van der Waals surface area (Å²) in [6.07, 6.45) is -8.54. The third kappa shape index (κ3) is 5.63. The first-order chi connectivity index (χ1) is 14.9. The predicted molar refractivity (Wildman–Crippen MR) is 107 cm³/mol. The van der Waals surface area contributed by atoms with Gasteiger partial charge in [-0.25, -0.2) is 0 Å². The van der Waals surface area contributed by atoms with Crippen LogP contribution in [-0.4, -0.2) is 24.4 Å². The quantitative estimate of drug-likeness (QED) is 0.550. The number of hydrogen-bond donors (Lipinski definition) is 2. The molecule has 32 heavy (non-hydrogen) atoms. The highest BCUT2D eigenvalue weighted by molar-refractivity contribution is 5.35. The largest absolute Gasteiger partial charge is 0.416 e. The second-order valence-corrected chi connectivity index (χ2v) is 8.31. The van der Waals surface area contributed by atoms with Crippen LogP contribution >= 0.6 is 0 Å². The molecule has 2 aromatic rings. The van der Waals surface area contributed by atoms with Gasteiger partial charge < -0.3 is 15.6 Å². The lowest BCUT2D eigenvalue weighted by molar-refractivity contribution is -0.143. The molecule has 0 aromatic heterocycles. The molecule has 3 nitrogen and oxygen atoms in total. The molecule has 1 saturated carbocycles. The van der Waals surface area contributed by atoms with Crippen molar-refractivity contribution in [3.05, 3.63) is 70.8 Å². The first-order valence-electron chi connectivity index (χ1n) is 10.3. The third-order valence-electron chi connectivity index (χ3n) is 6.08. The van der Waals surface area contributed by atoms with Crippen molar-refractivity contribution in [1.82, 2.24) is 0 Å². The van der Waals surface area contributed by atoms with Crippen molar-refractivity contribution >= 4 is 0 Å². The van der Waals surface area contributed by atoms with Crippen molar-refractivity contribution in [2.45, 2.75) is 55.6 Å². The van der Waals surface area contributed by atoms with Gasteiger partial charge in [0.1, 0.15) is 6.10 Å². The van der Waals surface area contributed by atoms with Crippen LogP contribution in [0.2, 0.25) is 0 Å². The Morgan fingerprint density at radius 1 is 0.938 bits per heavy atom. The van der Waals surface area contributed by atoms with E-state index >= 15 is 0 Å². The zero-order valence-electron chi connectivity index (χ0n) is 17.2. The minimum Gasteiger partial charge on any atom is -0.393 e. The van der Waals surface area contributed by atoms with Crippen LogP contribution in [-0.2, 0) is 22.5 Å². The van der Waals surface area contributed by atoms with Gasteiger partial charge >= 0.3 is 12.4 Å². The van der Waals surface area contributed by atoms with Gasteiger partial charge in [0, 0.05) is 11.5 Å². The molecule has 0 amide bonds. The minimum atomic E-state index is -4.97. The van der Waals surface area contributed by atoms with E-state index in [1.165, 1.54) is 0 Å². The average molecular weight is 461 g/mol. The fourth-order valence-electron chi connectivity index (χ4n) is 4.18. The minimum absolute atomic E-state index is 0.0262. The molecule has 1 aliphatic carbocycles. The van der Waals surface area contributed by atoms with Crippen LogP contribution in [0, 0.1) is 0 Å². The van der Waals surface area contributed by atoms with E-state index in [2.05, 4.69) is 0 Å². The van der Waals surface area contributed by atoms with Gasteiger partial charge in [-0.2, -0.15) is 26.3 Å². The fourth-order valence-corrected chi connectivity index (χ4v) is 4.18. The number of alkyl halides is 6. The zero-order valence-corrected chi connectivity index (χ0v) is 17.2. The number of benzene rings is 2. The van der Waals surface area contributed by atoms with Gasteiger partial charge in [0.25, 0.3) is 0 Å². The van der Waals surface area contributed by atoms with Gasteiger partial charge in [-0.1, -0.05) is 30.3 Å². The van der Waals surface area contributed by atoms with Crippen molar-refractivity contribution in [2.24, 2.45) is 5.73 Å². The van der Waals surface area contributed by atoms with E-state index < -0.39 is 41.6 Å². The van der Waals surface area contributed by atoms with E-state index in [-0.39, 0.29) is 24.3 Å². The van der Waals surface area contributed by atoms with Crippen LogP contribution in [0.1, 0.15) is 54.0 Å². The smallest absolute Gasteiger partial charge is 0.393 e. The summed E-state index contributed by atoms with van der Waals surface area (Å²) in [5, 5.41) is 9.79. The molecular formula is C23H25F6NO2. The lowest BCUT2D eigenvalue weighted by Crippen LogP contribution is -2.40. The maximum Gasteiger partial charge on any atom is 0.416 e. The monoisotopic (exact) mass is 461 g/mol. The molecule has 0 saturated heterocycles. The molecule has 0 heterocycles. The fraction of sp³-hybridized carbons (Fsp3) is 0.478. The number of hydrogen-bond acceptors (Lipinski definition) is 3. The lowest BCUT2D eigenvalue weighted by Gasteiger charge is -2.40. The maximum absolute atomic E-state index is 13.2. The molecule has 176 valence electrons. The van der Waals surface area contributed by atoms with Crippen molar-refractivity contribution < 1.29 is 36.2 Å². The molecule has 3 rings (SSSR count). The van der Waals surface area contributed by atoms with E-state index in [0.717, 1.165) is 5.56 Å². The first-order valence-corrected chi connectivity index (χ1v) is 10.3. The molecule has 0 spiro atoms. The van der Waals surface area contributed by atoms with Crippen LogP contribution in [0.4, 0.5) is 26.3 Å². The number of aliphatic hydroxyl groups excluding tert-OH is 1. The summed E-state index contributed by atoms with van der Waals surface area (Å²) >= 11 is 0. The Balaban J connectivity index is 1.91. The van der Waals surface area contributed by atoms with Gasteiger partial charge in [-0.15, -0.1) is 0 Å². The zero-order chi connectivity index (χ0) is 23.6. The molecule has 1 atom stereocenters. The van der Waals surface area contributed by atoms with Gasteiger partial charge in [0.2, 0.25) is 0 Å². The van der Waals surface area contributed by atoms with Crippen molar-refractivity contribution in [2.75, 3.05) is 13.2 Å². The van der Waals surface area contributed by atoms with Gasteiger partial charge in [-0.3, -0.25) is 0 Å². The lowest BCUT2D eigenvalue weighted by atomic mass is 9.69. The van der Waals surface area contributed by atoms with Crippen molar-refractivity contribution in [1.29, 1.82) is 0 Å². The predicted octanol–water partition coefficient (Wildman–Crippen LogP) is 5.61. The number of nitrogens with two attached hydrogens (primary N) is 1. The Morgan fingerprint density at radius 2 is 1.47 bits per heavy atom. The Hall–Kier alpha value is -2.10. The van der Waals surface area contributed by atoms with E-state index in [9.17, 15) is 31.4 Å². The average Bonchev–Trinajstić information content (AvgIpc) is 2.75. The summed E-state index contributed by atoms with van der Waals surface area (Å²) in [5.74, 6) is 0. The van der Waals surface area contributed by atoms with E-state index in [1.807, 2.05) is 30.3 Å². The summed E-state index contributed by atoms with van der Waals surface area (Å²) in [4.78, 5) is 0. The molecule has 3 N–H and O–H groups in total. The SMILES string of the molecule is NC1CCC(COC(CO)c2cc(C(F)(F)F)cc(C(F)(F)F)c2)(c2ccccc2)CC1. The van der Waals surface area contributed by atoms with Crippen LogP contribution in [0.5, 0.6) is 0 Å². The Morgan fingerprint density at radius 3 is 1.94 bits per heavy atom. The molecular weight excluding hydrogens is 436 g/mol. The molecule has 1 fully saturated rings. The highest BCUT2D eigenvalue weighted by Gasteiger charge is 2.39. The highest BCUT2D eigenvalue weighted by Crippen LogP contribution is 2.42. The number of ether oxygens (including phenoxy) is 1. The van der Waals surface area contributed by atoms with Gasteiger partial charge in [-0.05, 0) is 55.0 Å². The molecule has 9 heteroatoms. The van der Waals surface area contributed by atoms with Crippen LogP contribution in [0.15, 0.2) is 48.5 Å². The normalized spacial score (nSPS) is 23.2. The maximum atomic E-state index is 13.2. The number of rotatable bonds is 6. The molecule has 1 unspecified atom stereocenters. The third-order valence-corrected chi connectivity index (χ3v) is 6.08. The molecule has 0 bridgehead atoms. The van der Waals surface area contributed by atoms with Crippen molar-refractivity contribution in [3.8, 4) is 0 Å². The summed E-state index contributed by atoms with van der Waals surface area (Å²) in [5.41, 5.74) is 3.25. The van der Waals surface area contributed by atoms with Gasteiger partial charge in [0.15, 0.2) is 0 Å².